The van der Waals surface area contributed by atoms with Gasteiger partial charge >= 0.3 is 18.9 Å². The normalized spacial score (nSPS) is 9.50. The van der Waals surface area contributed by atoms with Crippen molar-refractivity contribution in [2.45, 2.75) is 0 Å². The number of hydrogen-bond donors (Lipinski definition) is 0. The molecule has 0 unspecified atom stereocenters. The fraction of sp³-hybridized carbons (Fsp3) is 0.364. The first kappa shape index (κ1) is 17.5. The average molecular weight is 311 g/mol. The van der Waals surface area contributed by atoms with Gasteiger partial charge in [0.25, 0.3) is 0 Å². The van der Waals surface area contributed by atoms with Gasteiger partial charge in [-0.15, -0.1) is 17.7 Å². The van der Waals surface area contributed by atoms with Crippen molar-refractivity contribution in [2.24, 2.45) is 0 Å². The van der Waals surface area contributed by atoms with E-state index in [0.29, 0.717) is 21.5 Å². The zero-order valence-corrected chi connectivity index (χ0v) is 12.1. The summed E-state index contributed by atoms with van der Waals surface area (Å²) in [4.78, 5) is 10.7. The summed E-state index contributed by atoms with van der Waals surface area (Å²) >= 11 is 3.31. The van der Waals surface area contributed by atoms with Gasteiger partial charge in [-0.1, -0.05) is 0 Å². The van der Waals surface area contributed by atoms with E-state index in [1.807, 2.05) is 0 Å². The van der Waals surface area contributed by atoms with Crippen LogP contribution in [0.15, 0.2) is 16.6 Å². The Morgan fingerprint density at radius 2 is 1.56 bits per heavy atom. The van der Waals surface area contributed by atoms with E-state index in [0.717, 1.165) is 0 Å². The van der Waals surface area contributed by atoms with Crippen LogP contribution in [0.1, 0.15) is 5.56 Å². The van der Waals surface area contributed by atoms with Crippen LogP contribution in [0, 0.1) is 0 Å². The Bertz CT molecular complexity index is 357. The monoisotopic (exact) mass is 310 g/mol. The summed E-state index contributed by atoms with van der Waals surface area (Å²) in [5.41, 5.74) is 0.324. The molecule has 0 N–H and O–H groups in total. The van der Waals surface area contributed by atoms with Crippen LogP contribution in [-0.4, -0.2) is 34.1 Å². The summed E-state index contributed by atoms with van der Waals surface area (Å²) in [5.74, 6) is 0.887. The van der Waals surface area contributed by atoms with E-state index in [-0.39, 0.29) is 32.4 Å². The van der Waals surface area contributed by atoms with E-state index < -0.39 is 0 Å². The summed E-state index contributed by atoms with van der Waals surface area (Å²) in [6, 6.07) is 3.07. The van der Waals surface area contributed by atoms with Crippen LogP contribution < -0.4 is 28.3 Å². The molecule has 0 atom stereocenters. The number of hydrogen-bond acceptors (Lipinski definition) is 5. The van der Waals surface area contributed by atoms with Gasteiger partial charge in [0.2, 0.25) is 0 Å². The van der Waals surface area contributed by atoms with Gasteiger partial charge in [0.15, 0.2) is 13.6 Å². The first-order valence-corrected chi connectivity index (χ1v) is 5.47. The van der Waals surface area contributed by atoms with Crippen LogP contribution in [0.25, 0.3) is 0 Å². The van der Waals surface area contributed by atoms with Gasteiger partial charge in [-0.05, 0) is 15.9 Å². The maximum absolute atomic E-state index is 10.7. The van der Waals surface area contributed by atoms with Crippen molar-refractivity contribution in [1.29, 1.82) is 0 Å². The van der Waals surface area contributed by atoms with Crippen molar-refractivity contribution in [2.75, 3.05) is 27.8 Å². The minimum Gasteiger partial charge on any atom is -0.479 e. The maximum Gasteiger partial charge on any atom is 1.00 e. The molecule has 5 nitrogen and oxygen atoms in total. The predicted octanol–water partition coefficient (Wildman–Crippen LogP) is -1.12. The third kappa shape index (κ3) is 5.00. The molecule has 0 heterocycles. The van der Waals surface area contributed by atoms with Gasteiger partial charge in [0, 0.05) is 14.2 Å². The van der Waals surface area contributed by atoms with Crippen molar-refractivity contribution in [3.05, 3.63) is 22.2 Å². The topological polar surface area (TPSA) is 54.0 Å². The zero-order valence-electron chi connectivity index (χ0n) is 10.5. The Balaban J connectivity index is 0.00000289. The average Bonchev–Trinajstić information content (AvgIpc) is 2.36. The SMILES string of the molecule is COCOc1cc([C-]=O)cc(OCOC)c1Br.[Li+]. The van der Waals surface area contributed by atoms with Crippen molar-refractivity contribution in [3.63, 3.8) is 0 Å². The van der Waals surface area contributed by atoms with Crippen LogP contribution in [0.2, 0.25) is 0 Å². The molecule has 1 rings (SSSR count). The van der Waals surface area contributed by atoms with Crippen molar-refractivity contribution in [1.82, 2.24) is 0 Å². The quantitative estimate of drug-likeness (QED) is 0.363. The van der Waals surface area contributed by atoms with Gasteiger partial charge in [-0.3, -0.25) is 0 Å². The van der Waals surface area contributed by atoms with E-state index in [1.54, 1.807) is 6.29 Å². The van der Waals surface area contributed by atoms with Crippen LogP contribution >= 0.6 is 15.9 Å². The standard InChI is InChI=1S/C11H12BrO5.Li/c1-14-6-16-9-3-8(5-13)4-10(11(9)12)17-7-15-2;/h3-4H,6-7H2,1-2H3;/q-1;+1. The van der Waals surface area contributed by atoms with Gasteiger partial charge < -0.3 is 23.7 Å². The molecule has 0 aliphatic heterocycles. The van der Waals surface area contributed by atoms with E-state index in [2.05, 4.69) is 15.9 Å². The van der Waals surface area contributed by atoms with Gasteiger partial charge in [-0.2, -0.15) is 0 Å². The second-order valence-corrected chi connectivity index (χ2v) is 3.78. The summed E-state index contributed by atoms with van der Waals surface area (Å²) in [6.45, 7) is 0.148. The molecule has 0 aromatic heterocycles. The number of methoxy groups -OCH3 is 2. The van der Waals surface area contributed by atoms with E-state index >= 15 is 0 Å². The van der Waals surface area contributed by atoms with Gasteiger partial charge in [0.05, 0.1) is 22.3 Å². The smallest absolute Gasteiger partial charge is 0.479 e. The Labute approximate surface area is 126 Å². The molecule has 0 radical (unpaired) electrons. The Morgan fingerprint density at radius 3 is 1.89 bits per heavy atom. The first-order chi connectivity index (χ1) is 8.22. The Morgan fingerprint density at radius 1 is 1.11 bits per heavy atom. The Kier molecular flexibility index (Phi) is 9.15. The van der Waals surface area contributed by atoms with Crippen LogP contribution in [0.3, 0.4) is 0 Å². The second-order valence-electron chi connectivity index (χ2n) is 2.99. The third-order valence-corrected chi connectivity index (χ3v) is 2.57. The minimum atomic E-state index is 0. The van der Waals surface area contributed by atoms with Crippen molar-refractivity contribution >= 4 is 22.2 Å². The number of halogens is 1. The molecule has 0 bridgehead atoms. The first-order valence-electron chi connectivity index (χ1n) is 4.68. The fourth-order valence-corrected chi connectivity index (χ4v) is 1.54. The second kappa shape index (κ2) is 9.42. The summed E-state index contributed by atoms with van der Waals surface area (Å²) in [7, 11) is 3.01. The van der Waals surface area contributed by atoms with E-state index in [9.17, 15) is 4.79 Å². The molecule has 0 saturated carbocycles. The minimum absolute atomic E-state index is 0. The van der Waals surface area contributed by atoms with Crippen LogP contribution in [0.5, 0.6) is 11.5 Å². The molecule has 0 fully saturated rings. The van der Waals surface area contributed by atoms with Crippen LogP contribution in [-0.2, 0) is 14.3 Å². The molecule has 1 aromatic carbocycles. The zero-order chi connectivity index (χ0) is 12.7. The molecule has 0 amide bonds. The molecular weight excluding hydrogens is 299 g/mol. The molecule has 0 aliphatic carbocycles. The summed E-state index contributed by atoms with van der Waals surface area (Å²) in [5, 5.41) is 0. The molecular formula is C11H12BrLiO5. The summed E-state index contributed by atoms with van der Waals surface area (Å²) < 4.78 is 20.7. The van der Waals surface area contributed by atoms with Crippen LogP contribution in [0.4, 0.5) is 0 Å². The van der Waals surface area contributed by atoms with Crippen molar-refractivity contribution < 1.29 is 42.6 Å². The number of rotatable bonds is 7. The number of carbonyl (C=O) groups excluding carboxylic acids is 1. The predicted molar refractivity (Wildman–Crippen MR) is 63.9 cm³/mol. The number of benzene rings is 1. The van der Waals surface area contributed by atoms with Crippen molar-refractivity contribution in [3.8, 4) is 11.5 Å². The molecule has 0 saturated heterocycles. The molecule has 94 valence electrons. The summed E-state index contributed by atoms with van der Waals surface area (Å²) in [6.07, 6.45) is 1.78. The third-order valence-electron chi connectivity index (χ3n) is 1.79. The molecule has 0 spiro atoms. The molecule has 0 aliphatic rings. The molecule has 18 heavy (non-hydrogen) atoms. The molecule has 7 heteroatoms. The van der Waals surface area contributed by atoms with E-state index in [1.165, 1.54) is 26.4 Å². The molecule has 1 aromatic rings. The maximum atomic E-state index is 10.7. The largest absolute Gasteiger partial charge is 1.00 e. The fourth-order valence-electron chi connectivity index (χ4n) is 1.09. The number of ether oxygens (including phenoxy) is 4. The Hall–Kier alpha value is -0.513. The van der Waals surface area contributed by atoms with E-state index in [4.69, 9.17) is 18.9 Å². The van der Waals surface area contributed by atoms with Gasteiger partial charge in [-0.25, -0.2) is 0 Å². The van der Waals surface area contributed by atoms with Gasteiger partial charge in [0.1, 0.15) is 0 Å².